The number of aldehydes is 1. The van der Waals surface area contributed by atoms with Crippen molar-refractivity contribution in [3.8, 4) is 0 Å². The van der Waals surface area contributed by atoms with Crippen molar-refractivity contribution in [2.75, 3.05) is 19.0 Å². The molecule has 1 atom stereocenters. The zero-order valence-electron chi connectivity index (χ0n) is 15.5. The molecule has 0 fully saturated rings. The van der Waals surface area contributed by atoms with E-state index in [0.29, 0.717) is 18.3 Å². The molecule has 0 bridgehead atoms. The second-order valence-electron chi connectivity index (χ2n) is 4.88. The van der Waals surface area contributed by atoms with E-state index in [4.69, 9.17) is 20.2 Å². The van der Waals surface area contributed by atoms with Gasteiger partial charge in [-0.05, 0) is 43.1 Å². The number of aliphatic hydroxyl groups is 1. The normalized spacial score (nSPS) is 10.6. The summed E-state index contributed by atoms with van der Waals surface area (Å²) in [6.07, 6.45) is 0.750. The molecule has 0 saturated heterocycles. The quantitative estimate of drug-likeness (QED) is 0.329. The Morgan fingerprint density at radius 1 is 1.41 bits per heavy atom. The predicted octanol–water partition coefficient (Wildman–Crippen LogP) is 0.597. The van der Waals surface area contributed by atoms with E-state index in [1.165, 1.54) is 25.8 Å². The molecule has 0 aliphatic heterocycles. The number of aromatic nitrogens is 2. The van der Waals surface area contributed by atoms with E-state index in [1.54, 1.807) is 0 Å². The molecule has 1 aromatic heterocycles. The summed E-state index contributed by atoms with van der Waals surface area (Å²) in [4.78, 5) is 23.2. The molecule has 7 N–H and O–H groups in total. The van der Waals surface area contributed by atoms with Crippen molar-refractivity contribution in [1.82, 2.24) is 14.9 Å². The number of primary amides is 1. The fourth-order valence-electron chi connectivity index (χ4n) is 1.44. The monoisotopic (exact) mass is 398 g/mol. The van der Waals surface area contributed by atoms with Gasteiger partial charge in [0.2, 0.25) is 11.8 Å². The number of nitrogens with zero attached hydrogens (tertiary/aromatic N) is 2. The van der Waals surface area contributed by atoms with Crippen LogP contribution in [0.15, 0.2) is 33.7 Å². The van der Waals surface area contributed by atoms with Crippen LogP contribution >= 0.6 is 11.9 Å². The van der Waals surface area contributed by atoms with Crippen molar-refractivity contribution in [1.29, 1.82) is 0 Å². The maximum Gasteiger partial charge on any atom is 0.241 e. The van der Waals surface area contributed by atoms with Crippen LogP contribution in [0, 0.1) is 0 Å². The first-order chi connectivity index (χ1) is 12.9. The molecule has 0 spiro atoms. The van der Waals surface area contributed by atoms with E-state index >= 15 is 0 Å². The first-order valence-electron chi connectivity index (χ1n) is 7.90. The number of rotatable bonds is 7. The van der Waals surface area contributed by atoms with Crippen molar-refractivity contribution < 1.29 is 19.2 Å². The van der Waals surface area contributed by atoms with Gasteiger partial charge in [0.05, 0.1) is 19.2 Å². The summed E-state index contributed by atoms with van der Waals surface area (Å²) in [5, 5.41) is 15.7. The third-order valence-electron chi connectivity index (χ3n) is 2.57. The van der Waals surface area contributed by atoms with Gasteiger partial charge in [0.15, 0.2) is 5.82 Å². The van der Waals surface area contributed by atoms with Crippen molar-refractivity contribution >= 4 is 29.8 Å². The van der Waals surface area contributed by atoms with Crippen molar-refractivity contribution in [2.24, 2.45) is 11.5 Å². The number of hydrogen-bond acceptors (Lipinski definition) is 10. The van der Waals surface area contributed by atoms with Gasteiger partial charge in [0, 0.05) is 24.6 Å². The number of aliphatic hydroxyl groups excluding tert-OH is 1. The average Bonchev–Trinajstić information content (AvgIpc) is 3.11. The fraction of sp³-hybridized carbons (Fsp3) is 0.375. The number of nitrogens with two attached hydrogens (primary N) is 2. The molecule has 0 aliphatic carbocycles. The minimum atomic E-state index is -0.603. The lowest BCUT2D eigenvalue weighted by Crippen LogP contribution is -2.16. The van der Waals surface area contributed by atoms with E-state index < -0.39 is 6.04 Å². The molecule has 0 saturated carbocycles. The van der Waals surface area contributed by atoms with Crippen molar-refractivity contribution in [2.45, 2.75) is 31.3 Å². The van der Waals surface area contributed by atoms with E-state index in [0.717, 1.165) is 16.9 Å². The number of carbonyl (C=O) groups excluding carboxylic acids is 2. The first-order valence-corrected chi connectivity index (χ1v) is 8.71. The molecule has 1 amide bonds. The van der Waals surface area contributed by atoms with Gasteiger partial charge in [0.1, 0.15) is 6.29 Å². The number of benzene rings is 1. The lowest BCUT2D eigenvalue weighted by molar-refractivity contribution is -0.116. The Morgan fingerprint density at radius 2 is 1.96 bits per heavy atom. The lowest BCUT2D eigenvalue weighted by atomic mass is 10.3. The zero-order chi connectivity index (χ0) is 20.7. The van der Waals surface area contributed by atoms with Crippen LogP contribution in [0.2, 0.25) is 0 Å². The van der Waals surface area contributed by atoms with Gasteiger partial charge >= 0.3 is 0 Å². The number of nitrogens with one attached hydrogen (secondary N) is 2. The molecule has 10 nitrogen and oxygen atoms in total. The standard InChI is InChI=1S/C12H17N5O2S.C2H5NO.C2H4O/c1-14-8-2-4-9(5-3-8)20-15-6-11-16-12(17-19-11)10(13)7-18;1-2(3)4;1-2-3/h2-5,10,14-15,18H,6-7,13H2,1H3;1H3,(H2,3,4);2H,1H3. The molecule has 150 valence electrons. The highest BCUT2D eigenvalue weighted by Crippen LogP contribution is 2.18. The Bertz CT molecular complexity index is 661. The molecular weight excluding hydrogens is 372 g/mol. The summed E-state index contributed by atoms with van der Waals surface area (Å²) in [7, 11) is 1.88. The molecule has 1 aromatic carbocycles. The van der Waals surface area contributed by atoms with Gasteiger partial charge < -0.3 is 31.2 Å². The van der Waals surface area contributed by atoms with E-state index in [1.807, 2.05) is 31.3 Å². The maximum absolute atomic E-state index is 9.22. The highest BCUT2D eigenvalue weighted by atomic mass is 32.2. The summed E-state index contributed by atoms with van der Waals surface area (Å²) in [6.45, 7) is 2.96. The van der Waals surface area contributed by atoms with E-state index in [9.17, 15) is 4.79 Å². The molecule has 0 radical (unpaired) electrons. The molecule has 0 aliphatic rings. The number of amides is 1. The maximum atomic E-state index is 9.22. The summed E-state index contributed by atoms with van der Waals surface area (Å²) < 4.78 is 8.15. The van der Waals surface area contributed by atoms with Crippen LogP contribution in [0.5, 0.6) is 0 Å². The number of hydrogen-bond donors (Lipinski definition) is 5. The fourth-order valence-corrected chi connectivity index (χ4v) is 2.08. The van der Waals surface area contributed by atoms with Gasteiger partial charge in [-0.1, -0.05) is 5.16 Å². The molecular formula is C16H26N6O4S. The smallest absolute Gasteiger partial charge is 0.241 e. The van der Waals surface area contributed by atoms with Crippen molar-refractivity contribution in [3.05, 3.63) is 36.0 Å². The van der Waals surface area contributed by atoms with Gasteiger partial charge in [-0.15, -0.1) is 0 Å². The third kappa shape index (κ3) is 11.7. The number of carbonyl (C=O) groups is 2. The van der Waals surface area contributed by atoms with E-state index in [-0.39, 0.29) is 12.5 Å². The lowest BCUT2D eigenvalue weighted by Gasteiger charge is -2.03. The Hall–Kier alpha value is -2.47. The van der Waals surface area contributed by atoms with Gasteiger partial charge in [-0.2, -0.15) is 4.98 Å². The minimum absolute atomic E-state index is 0.209. The Morgan fingerprint density at radius 3 is 2.44 bits per heavy atom. The van der Waals surface area contributed by atoms with E-state index in [2.05, 4.69) is 25.9 Å². The van der Waals surface area contributed by atoms with Gasteiger partial charge in [-0.3, -0.25) is 9.52 Å². The number of anilines is 1. The second kappa shape index (κ2) is 14.7. The largest absolute Gasteiger partial charge is 0.394 e. The third-order valence-corrected chi connectivity index (χ3v) is 3.37. The Kier molecular flexibility index (Phi) is 13.3. The Balaban J connectivity index is 0.000000836. The molecule has 11 heteroatoms. The summed E-state index contributed by atoms with van der Waals surface area (Å²) in [5.41, 5.74) is 11.1. The molecule has 1 unspecified atom stereocenters. The van der Waals surface area contributed by atoms with Crippen LogP contribution in [0.3, 0.4) is 0 Å². The highest BCUT2D eigenvalue weighted by molar-refractivity contribution is 7.97. The molecule has 27 heavy (non-hydrogen) atoms. The molecule has 1 heterocycles. The topological polar surface area (TPSA) is 169 Å². The Labute approximate surface area is 162 Å². The van der Waals surface area contributed by atoms with Crippen LogP contribution in [0.25, 0.3) is 0 Å². The van der Waals surface area contributed by atoms with Crippen molar-refractivity contribution in [3.63, 3.8) is 0 Å². The first kappa shape index (κ1) is 24.5. The van der Waals surface area contributed by atoms with Gasteiger partial charge in [0.25, 0.3) is 0 Å². The average molecular weight is 398 g/mol. The van der Waals surface area contributed by atoms with Crippen LogP contribution in [-0.2, 0) is 16.1 Å². The SMILES string of the molecule is CC(N)=O.CC=O.CNc1ccc(SNCc2nc(C(N)CO)no2)cc1. The summed E-state index contributed by atoms with van der Waals surface area (Å²) in [5.74, 6) is 0.413. The predicted molar refractivity (Wildman–Crippen MR) is 104 cm³/mol. The minimum Gasteiger partial charge on any atom is -0.394 e. The summed E-state index contributed by atoms with van der Waals surface area (Å²) >= 11 is 1.47. The van der Waals surface area contributed by atoms with Crippen LogP contribution in [0.4, 0.5) is 5.69 Å². The molecule has 2 rings (SSSR count). The molecule has 2 aromatic rings. The highest BCUT2D eigenvalue weighted by Gasteiger charge is 2.12. The van der Waals surface area contributed by atoms with Crippen LogP contribution in [0.1, 0.15) is 31.6 Å². The summed E-state index contributed by atoms with van der Waals surface area (Å²) in [6, 6.07) is 7.40. The zero-order valence-corrected chi connectivity index (χ0v) is 16.3. The van der Waals surface area contributed by atoms with Crippen LogP contribution < -0.4 is 21.5 Å². The second-order valence-corrected chi connectivity index (χ2v) is 5.84. The van der Waals surface area contributed by atoms with Crippen LogP contribution in [-0.4, -0.2) is 41.1 Å². The van der Waals surface area contributed by atoms with Gasteiger partial charge in [-0.25, -0.2) is 0 Å².